The fourth-order valence-electron chi connectivity index (χ4n) is 2.36. The summed E-state index contributed by atoms with van der Waals surface area (Å²) in [6, 6.07) is 7.98. The molecule has 1 unspecified atom stereocenters. The third-order valence-electron chi connectivity index (χ3n) is 3.43. The molecule has 1 heterocycles. The second-order valence-electron chi connectivity index (χ2n) is 4.58. The van der Waals surface area contributed by atoms with E-state index in [0.29, 0.717) is 0 Å². The minimum absolute atomic E-state index is 0.477. The molecule has 1 aromatic carbocycles. The molecule has 0 bridgehead atoms. The van der Waals surface area contributed by atoms with Crippen molar-refractivity contribution >= 4 is 0 Å². The molecule has 0 amide bonds. The predicted octanol–water partition coefficient (Wildman–Crippen LogP) is 0.732. The third kappa shape index (κ3) is 2.44. The van der Waals surface area contributed by atoms with Crippen LogP contribution in [0.1, 0.15) is 12.5 Å². The lowest BCUT2D eigenvalue weighted by Gasteiger charge is -2.41. The van der Waals surface area contributed by atoms with Gasteiger partial charge in [0.05, 0.1) is 12.8 Å². The molecule has 1 aliphatic rings. The monoisotopic (exact) mass is 235 g/mol. The highest BCUT2D eigenvalue weighted by molar-refractivity contribution is 5.38. The van der Waals surface area contributed by atoms with Crippen molar-refractivity contribution < 1.29 is 4.74 Å². The summed E-state index contributed by atoms with van der Waals surface area (Å²) < 4.78 is 5.40. The standard InChI is InChI=1S/C13H21N3O/c1-13(14,16-9-7-15-8-10-16)11-5-3-4-6-12(11)17-2/h3-6,15H,7-10,14H2,1-2H3. The molecule has 0 aliphatic carbocycles. The van der Waals surface area contributed by atoms with E-state index in [1.54, 1.807) is 7.11 Å². The maximum Gasteiger partial charge on any atom is 0.125 e. The molecule has 94 valence electrons. The third-order valence-corrected chi connectivity index (χ3v) is 3.43. The van der Waals surface area contributed by atoms with Gasteiger partial charge in [-0.1, -0.05) is 18.2 Å². The lowest BCUT2D eigenvalue weighted by atomic mass is 9.98. The van der Waals surface area contributed by atoms with Crippen LogP contribution < -0.4 is 15.8 Å². The highest BCUT2D eigenvalue weighted by atomic mass is 16.5. The number of nitrogens with zero attached hydrogens (tertiary/aromatic N) is 1. The quantitative estimate of drug-likeness (QED) is 0.811. The molecule has 2 rings (SSSR count). The first-order chi connectivity index (χ1) is 8.16. The number of ether oxygens (including phenoxy) is 1. The molecule has 1 aromatic rings. The molecule has 3 N–H and O–H groups in total. The van der Waals surface area contributed by atoms with Crippen molar-refractivity contribution in [2.45, 2.75) is 12.6 Å². The van der Waals surface area contributed by atoms with E-state index >= 15 is 0 Å². The van der Waals surface area contributed by atoms with Gasteiger partial charge >= 0.3 is 0 Å². The fraction of sp³-hybridized carbons (Fsp3) is 0.538. The lowest BCUT2D eigenvalue weighted by molar-refractivity contribution is 0.0894. The van der Waals surface area contributed by atoms with Gasteiger partial charge in [-0.2, -0.15) is 0 Å². The summed E-state index contributed by atoms with van der Waals surface area (Å²) in [4.78, 5) is 2.29. The molecule has 4 heteroatoms. The number of methoxy groups -OCH3 is 1. The molecular weight excluding hydrogens is 214 g/mol. The molecule has 1 atom stereocenters. The van der Waals surface area contributed by atoms with Crippen molar-refractivity contribution in [3.63, 3.8) is 0 Å². The van der Waals surface area contributed by atoms with Crippen LogP contribution in [-0.2, 0) is 5.66 Å². The Balaban J connectivity index is 2.29. The summed E-state index contributed by atoms with van der Waals surface area (Å²) in [6.07, 6.45) is 0. The molecular formula is C13H21N3O. The van der Waals surface area contributed by atoms with Crippen molar-refractivity contribution in [2.24, 2.45) is 5.73 Å². The van der Waals surface area contributed by atoms with Crippen LogP contribution in [0.15, 0.2) is 24.3 Å². The van der Waals surface area contributed by atoms with Crippen molar-refractivity contribution in [1.82, 2.24) is 10.2 Å². The predicted molar refractivity (Wildman–Crippen MR) is 69.0 cm³/mol. The topological polar surface area (TPSA) is 50.5 Å². The van der Waals surface area contributed by atoms with Crippen LogP contribution in [0.25, 0.3) is 0 Å². The van der Waals surface area contributed by atoms with Crippen molar-refractivity contribution in [3.05, 3.63) is 29.8 Å². The normalized spacial score (nSPS) is 20.9. The SMILES string of the molecule is COc1ccccc1C(C)(N)N1CCNCC1. The zero-order valence-electron chi connectivity index (χ0n) is 10.6. The van der Waals surface area contributed by atoms with Crippen molar-refractivity contribution in [3.8, 4) is 5.75 Å². The van der Waals surface area contributed by atoms with E-state index in [1.807, 2.05) is 24.3 Å². The molecule has 4 nitrogen and oxygen atoms in total. The van der Waals surface area contributed by atoms with Gasteiger partial charge in [-0.3, -0.25) is 4.90 Å². The van der Waals surface area contributed by atoms with E-state index in [1.165, 1.54) is 0 Å². The number of hydrogen-bond donors (Lipinski definition) is 2. The lowest BCUT2D eigenvalue weighted by Crippen LogP contribution is -2.57. The van der Waals surface area contributed by atoms with E-state index in [0.717, 1.165) is 37.5 Å². The van der Waals surface area contributed by atoms with Crippen LogP contribution in [0.3, 0.4) is 0 Å². The minimum atomic E-state index is -0.477. The van der Waals surface area contributed by atoms with Gasteiger partial charge in [-0.15, -0.1) is 0 Å². The molecule has 0 aromatic heterocycles. The van der Waals surface area contributed by atoms with Gasteiger partial charge < -0.3 is 15.8 Å². The van der Waals surface area contributed by atoms with Crippen LogP contribution in [0.5, 0.6) is 5.75 Å². The maximum absolute atomic E-state index is 6.51. The first-order valence-electron chi connectivity index (χ1n) is 6.04. The fourth-order valence-corrected chi connectivity index (χ4v) is 2.36. The van der Waals surface area contributed by atoms with E-state index in [-0.39, 0.29) is 0 Å². The van der Waals surface area contributed by atoms with Crippen LogP contribution in [0, 0.1) is 0 Å². The maximum atomic E-state index is 6.51. The van der Waals surface area contributed by atoms with Crippen LogP contribution in [0.2, 0.25) is 0 Å². The molecule has 1 aliphatic heterocycles. The van der Waals surface area contributed by atoms with E-state index in [2.05, 4.69) is 17.1 Å². The average Bonchev–Trinajstić information content (AvgIpc) is 2.39. The Bertz CT molecular complexity index is 373. The second kappa shape index (κ2) is 5.04. The van der Waals surface area contributed by atoms with Crippen molar-refractivity contribution in [2.75, 3.05) is 33.3 Å². The summed E-state index contributed by atoms with van der Waals surface area (Å²) in [5, 5.41) is 3.34. The molecule has 17 heavy (non-hydrogen) atoms. The summed E-state index contributed by atoms with van der Waals surface area (Å²) >= 11 is 0. The number of nitrogens with one attached hydrogen (secondary N) is 1. The van der Waals surface area contributed by atoms with Gasteiger partial charge in [-0.25, -0.2) is 0 Å². The van der Waals surface area contributed by atoms with Gasteiger partial charge in [0, 0.05) is 31.7 Å². The van der Waals surface area contributed by atoms with Gasteiger partial charge in [0.25, 0.3) is 0 Å². The molecule has 0 radical (unpaired) electrons. The Morgan fingerprint density at radius 1 is 1.29 bits per heavy atom. The van der Waals surface area contributed by atoms with E-state index in [4.69, 9.17) is 10.5 Å². The minimum Gasteiger partial charge on any atom is -0.496 e. The Morgan fingerprint density at radius 2 is 1.94 bits per heavy atom. The number of para-hydroxylation sites is 1. The second-order valence-corrected chi connectivity index (χ2v) is 4.58. The molecule has 0 spiro atoms. The zero-order chi connectivity index (χ0) is 12.3. The highest BCUT2D eigenvalue weighted by Crippen LogP contribution is 2.30. The largest absolute Gasteiger partial charge is 0.496 e. The Hall–Kier alpha value is -1.10. The molecule has 1 saturated heterocycles. The molecule has 0 saturated carbocycles. The Morgan fingerprint density at radius 3 is 2.59 bits per heavy atom. The van der Waals surface area contributed by atoms with Gasteiger partial charge in [-0.05, 0) is 13.0 Å². The number of benzene rings is 1. The first kappa shape index (κ1) is 12.4. The summed E-state index contributed by atoms with van der Waals surface area (Å²) in [5.41, 5.74) is 7.08. The average molecular weight is 235 g/mol. The first-order valence-corrected chi connectivity index (χ1v) is 6.04. The smallest absolute Gasteiger partial charge is 0.125 e. The number of nitrogens with two attached hydrogens (primary N) is 1. The van der Waals surface area contributed by atoms with Crippen LogP contribution in [-0.4, -0.2) is 38.2 Å². The number of rotatable bonds is 3. The van der Waals surface area contributed by atoms with E-state index in [9.17, 15) is 0 Å². The Labute approximate surface area is 103 Å². The summed E-state index contributed by atoms with van der Waals surface area (Å²) in [5.74, 6) is 0.857. The van der Waals surface area contributed by atoms with Gasteiger partial charge in [0.1, 0.15) is 5.75 Å². The van der Waals surface area contributed by atoms with Gasteiger partial charge in [0.15, 0.2) is 0 Å². The molecule has 1 fully saturated rings. The zero-order valence-corrected chi connectivity index (χ0v) is 10.6. The van der Waals surface area contributed by atoms with Crippen LogP contribution >= 0.6 is 0 Å². The van der Waals surface area contributed by atoms with Gasteiger partial charge in [0.2, 0.25) is 0 Å². The summed E-state index contributed by atoms with van der Waals surface area (Å²) in [6.45, 7) is 5.95. The number of hydrogen-bond acceptors (Lipinski definition) is 4. The van der Waals surface area contributed by atoms with Crippen molar-refractivity contribution in [1.29, 1.82) is 0 Å². The van der Waals surface area contributed by atoms with Crippen LogP contribution in [0.4, 0.5) is 0 Å². The number of piperazine rings is 1. The summed E-state index contributed by atoms with van der Waals surface area (Å²) in [7, 11) is 1.69. The highest BCUT2D eigenvalue weighted by Gasteiger charge is 2.32. The Kier molecular flexibility index (Phi) is 3.66. The van der Waals surface area contributed by atoms with E-state index < -0.39 is 5.66 Å².